The van der Waals surface area contributed by atoms with E-state index in [1.54, 1.807) is 6.92 Å². The van der Waals surface area contributed by atoms with Gasteiger partial charge in [-0.1, -0.05) is 6.07 Å². The Bertz CT molecular complexity index is 507. The van der Waals surface area contributed by atoms with Crippen molar-refractivity contribution < 1.29 is 9.53 Å². The summed E-state index contributed by atoms with van der Waals surface area (Å²) in [5, 5.41) is 0. The van der Waals surface area contributed by atoms with Gasteiger partial charge >= 0.3 is 6.09 Å². The molecule has 0 atom stereocenters. The summed E-state index contributed by atoms with van der Waals surface area (Å²) in [6, 6.07) is 5.61. The molecule has 0 aromatic carbocycles. The van der Waals surface area contributed by atoms with Crippen molar-refractivity contribution in [1.82, 2.24) is 8.77 Å². The summed E-state index contributed by atoms with van der Waals surface area (Å²) in [4.78, 5) is 19.3. The summed E-state index contributed by atoms with van der Waals surface area (Å²) in [5.74, 6) is 0. The zero-order chi connectivity index (χ0) is 10.7. The number of ether oxygens (including phenoxy) is 1. The number of hydrogen-bond donors (Lipinski definition) is 0. The predicted octanol–water partition coefficient (Wildman–Crippen LogP) is 1.45. The van der Waals surface area contributed by atoms with Crippen molar-refractivity contribution in [3.63, 3.8) is 0 Å². The Balaban J connectivity index is 2.40. The third-order valence-electron chi connectivity index (χ3n) is 1.65. The molecule has 2 aromatic rings. The van der Waals surface area contributed by atoms with Crippen LogP contribution in [0.4, 0.5) is 4.79 Å². The van der Waals surface area contributed by atoms with E-state index in [1.165, 1.54) is 11.5 Å². The van der Waals surface area contributed by atoms with Gasteiger partial charge in [-0.15, -0.1) is 4.99 Å². The first-order valence-corrected chi connectivity index (χ1v) is 5.23. The Hall–Kier alpha value is -1.69. The highest BCUT2D eigenvalue weighted by molar-refractivity contribution is 7.03. The normalized spacial score (nSPS) is 11.9. The van der Waals surface area contributed by atoms with Crippen LogP contribution < -0.4 is 4.80 Å². The Labute approximate surface area is 89.8 Å². The minimum atomic E-state index is -0.600. The van der Waals surface area contributed by atoms with Gasteiger partial charge in [0.05, 0.1) is 6.61 Å². The topological polar surface area (TPSA) is 56.0 Å². The molecule has 0 saturated heterocycles. The Kier molecular flexibility index (Phi) is 2.77. The molecule has 6 heteroatoms. The van der Waals surface area contributed by atoms with Crippen molar-refractivity contribution in [3.8, 4) is 0 Å². The number of pyridine rings is 1. The summed E-state index contributed by atoms with van der Waals surface area (Å²) < 4.78 is 6.53. The van der Waals surface area contributed by atoms with Crippen molar-refractivity contribution in [2.45, 2.75) is 6.92 Å². The number of carbonyl (C=O) groups excluding carboxylic acids is 1. The van der Waals surface area contributed by atoms with Crippen molar-refractivity contribution in [1.29, 1.82) is 0 Å². The third kappa shape index (κ3) is 2.21. The minimum absolute atomic E-state index is 0.320. The molecule has 2 heterocycles. The van der Waals surface area contributed by atoms with Crippen LogP contribution >= 0.6 is 11.5 Å². The Morgan fingerprint density at radius 1 is 1.67 bits per heavy atom. The van der Waals surface area contributed by atoms with Crippen molar-refractivity contribution >= 4 is 23.3 Å². The largest absolute Gasteiger partial charge is 0.448 e. The molecule has 78 valence electrons. The van der Waals surface area contributed by atoms with E-state index in [-0.39, 0.29) is 0 Å². The van der Waals surface area contributed by atoms with E-state index in [4.69, 9.17) is 4.74 Å². The number of nitrogens with zero attached hydrogens (tertiary/aromatic N) is 3. The van der Waals surface area contributed by atoms with E-state index in [0.29, 0.717) is 11.4 Å². The van der Waals surface area contributed by atoms with E-state index >= 15 is 0 Å². The van der Waals surface area contributed by atoms with Gasteiger partial charge in [0.2, 0.25) is 4.80 Å². The van der Waals surface area contributed by atoms with Crippen LogP contribution in [0.1, 0.15) is 6.92 Å². The average molecular weight is 223 g/mol. The molecule has 2 rings (SSSR count). The number of amides is 1. The monoisotopic (exact) mass is 223 g/mol. The zero-order valence-corrected chi connectivity index (χ0v) is 8.90. The molecule has 1 amide bonds. The summed E-state index contributed by atoms with van der Waals surface area (Å²) in [6.07, 6.45) is 1.26. The van der Waals surface area contributed by atoms with Crippen LogP contribution in [0.25, 0.3) is 5.65 Å². The number of aromatic nitrogens is 2. The molecule has 0 spiro atoms. The maximum Gasteiger partial charge on any atom is 0.436 e. The van der Waals surface area contributed by atoms with Crippen LogP contribution in [0.5, 0.6) is 0 Å². The fraction of sp³-hybridized carbons (Fsp3) is 0.222. The first kappa shape index (κ1) is 9.85. The highest BCUT2D eigenvalue weighted by Gasteiger charge is 2.00. The Morgan fingerprint density at radius 2 is 2.53 bits per heavy atom. The molecule has 15 heavy (non-hydrogen) atoms. The second-order valence-corrected chi connectivity index (χ2v) is 3.62. The number of fused-ring (bicyclic) bond motifs is 1. The average Bonchev–Trinajstić information content (AvgIpc) is 2.59. The van der Waals surface area contributed by atoms with Crippen molar-refractivity contribution in [2.75, 3.05) is 6.61 Å². The molecule has 5 nitrogen and oxygen atoms in total. The third-order valence-corrected chi connectivity index (χ3v) is 2.50. The smallest absolute Gasteiger partial charge is 0.436 e. The first-order valence-electron chi connectivity index (χ1n) is 4.46. The Morgan fingerprint density at radius 3 is 3.27 bits per heavy atom. The summed E-state index contributed by atoms with van der Waals surface area (Å²) in [7, 11) is 0. The molecule has 0 saturated carbocycles. The molecule has 0 radical (unpaired) electrons. The quantitative estimate of drug-likeness (QED) is 0.735. The van der Waals surface area contributed by atoms with Crippen molar-refractivity contribution in [2.24, 2.45) is 4.99 Å². The molecule has 0 bridgehead atoms. The summed E-state index contributed by atoms with van der Waals surface area (Å²) >= 11 is 1.29. The van der Waals surface area contributed by atoms with Crippen LogP contribution in [0, 0.1) is 0 Å². The molecular formula is C9H9N3O2S. The molecule has 0 unspecified atom stereocenters. The van der Waals surface area contributed by atoms with Gasteiger partial charge in [0.1, 0.15) is 5.65 Å². The highest BCUT2D eigenvalue weighted by atomic mass is 32.1. The maximum atomic E-state index is 11.1. The van der Waals surface area contributed by atoms with Gasteiger partial charge in [0.15, 0.2) is 0 Å². The second kappa shape index (κ2) is 4.22. The number of hydrogen-bond acceptors (Lipinski definition) is 4. The fourth-order valence-corrected chi connectivity index (χ4v) is 1.82. The molecule has 0 aliphatic carbocycles. The lowest BCUT2D eigenvalue weighted by Crippen LogP contribution is -2.06. The van der Waals surface area contributed by atoms with Gasteiger partial charge in [-0.3, -0.25) is 3.79 Å². The lowest BCUT2D eigenvalue weighted by atomic mass is 10.5. The minimum Gasteiger partial charge on any atom is -0.448 e. The van der Waals surface area contributed by atoms with Crippen LogP contribution in [0.2, 0.25) is 0 Å². The summed E-state index contributed by atoms with van der Waals surface area (Å²) in [6.45, 7) is 2.06. The molecule has 2 aromatic heterocycles. The molecular weight excluding hydrogens is 214 g/mol. The van der Waals surface area contributed by atoms with E-state index in [1.807, 2.05) is 28.2 Å². The lowest BCUT2D eigenvalue weighted by molar-refractivity contribution is 0.162. The van der Waals surface area contributed by atoms with E-state index in [9.17, 15) is 4.79 Å². The predicted molar refractivity (Wildman–Crippen MR) is 55.7 cm³/mol. The van der Waals surface area contributed by atoms with E-state index in [0.717, 1.165) is 5.65 Å². The van der Waals surface area contributed by atoms with Gasteiger partial charge in [0.25, 0.3) is 0 Å². The van der Waals surface area contributed by atoms with Crippen LogP contribution in [0.15, 0.2) is 29.4 Å². The molecule has 0 N–H and O–H groups in total. The molecule has 0 aliphatic heterocycles. The zero-order valence-electron chi connectivity index (χ0n) is 8.08. The molecule has 0 fully saturated rings. The van der Waals surface area contributed by atoms with Crippen LogP contribution in [-0.2, 0) is 4.74 Å². The van der Waals surface area contributed by atoms with E-state index < -0.39 is 6.09 Å². The summed E-state index contributed by atoms with van der Waals surface area (Å²) in [5.41, 5.74) is 0.769. The standard InChI is InChI=1S/C9H9N3O2S/c1-2-14-9(13)11-8-10-7-5-3-4-6-12(7)15-8/h3-6H,2H2,1H3/b11-8-. The van der Waals surface area contributed by atoms with Crippen molar-refractivity contribution in [3.05, 3.63) is 29.2 Å². The number of rotatable bonds is 1. The van der Waals surface area contributed by atoms with Crippen LogP contribution in [-0.4, -0.2) is 21.5 Å². The number of carbonyl (C=O) groups is 1. The van der Waals surface area contributed by atoms with Crippen LogP contribution in [0.3, 0.4) is 0 Å². The molecule has 0 aliphatic rings. The highest BCUT2D eigenvalue weighted by Crippen LogP contribution is 1.99. The van der Waals surface area contributed by atoms with Gasteiger partial charge in [0, 0.05) is 6.20 Å². The fourth-order valence-electron chi connectivity index (χ4n) is 1.07. The van der Waals surface area contributed by atoms with Gasteiger partial charge in [-0.05, 0) is 30.6 Å². The lowest BCUT2D eigenvalue weighted by Gasteiger charge is -1.90. The van der Waals surface area contributed by atoms with Gasteiger partial charge < -0.3 is 4.74 Å². The maximum absolute atomic E-state index is 11.1. The first-order chi connectivity index (χ1) is 7.29. The SMILES string of the molecule is CCOC(=O)/N=c1/nc2ccccn2s1. The van der Waals surface area contributed by atoms with Gasteiger partial charge in [-0.25, -0.2) is 4.79 Å². The second-order valence-electron chi connectivity index (χ2n) is 2.68. The van der Waals surface area contributed by atoms with Gasteiger partial charge in [-0.2, -0.15) is 4.98 Å². The van der Waals surface area contributed by atoms with E-state index in [2.05, 4.69) is 9.98 Å².